The van der Waals surface area contributed by atoms with Gasteiger partial charge >= 0.3 is 5.97 Å². The van der Waals surface area contributed by atoms with Gasteiger partial charge in [-0.05, 0) is 43.0 Å². The zero-order valence-corrected chi connectivity index (χ0v) is 16.1. The minimum atomic E-state index is -1.82. The highest BCUT2D eigenvalue weighted by Gasteiger charge is 2.49. The average Bonchev–Trinajstić information content (AvgIpc) is 2.73. The van der Waals surface area contributed by atoms with Crippen LogP contribution in [-0.2, 0) is 14.0 Å². The van der Waals surface area contributed by atoms with E-state index < -0.39 is 8.32 Å². The normalized spacial score (nSPS) is 28.8. The van der Waals surface area contributed by atoms with Crippen molar-refractivity contribution in [2.45, 2.75) is 71.2 Å². The Bertz CT molecular complexity index is 525. The summed E-state index contributed by atoms with van der Waals surface area (Å²) in [6.45, 7) is 13.7. The third kappa shape index (κ3) is 2.83. The Kier molecular flexibility index (Phi) is 4.48. The van der Waals surface area contributed by atoms with E-state index >= 15 is 0 Å². The van der Waals surface area contributed by atoms with E-state index in [0.717, 1.165) is 30.4 Å². The van der Waals surface area contributed by atoms with Crippen LogP contribution in [-0.4, -0.2) is 27.5 Å². The molecule has 0 bridgehead atoms. The summed E-state index contributed by atoms with van der Waals surface area (Å²) in [5, 5.41) is 0.196. The second-order valence-corrected chi connectivity index (χ2v) is 13.0. The van der Waals surface area contributed by atoms with Gasteiger partial charge in [0.2, 0.25) is 0 Å². The molecule has 0 aromatic carbocycles. The maximum absolute atomic E-state index is 12.0. The summed E-state index contributed by atoms with van der Waals surface area (Å²) in [6.07, 6.45) is 7.24. The highest BCUT2D eigenvalue weighted by molar-refractivity contribution is 6.74. The number of fused-ring (bicyclic) bond motifs is 1. The number of methoxy groups -OCH3 is 1. The summed E-state index contributed by atoms with van der Waals surface area (Å²) in [4.78, 5) is 12.0. The van der Waals surface area contributed by atoms with E-state index in [1.54, 1.807) is 0 Å². The monoisotopic (exact) mass is 322 g/mol. The smallest absolute Gasteiger partial charge is 0.337 e. The van der Waals surface area contributed by atoms with E-state index in [1.807, 2.05) is 6.08 Å². The number of carbonyl (C=O) groups excluding carboxylic acids is 1. The van der Waals surface area contributed by atoms with Gasteiger partial charge in [0.1, 0.15) is 0 Å². The molecule has 2 aliphatic rings. The third-order valence-corrected chi connectivity index (χ3v) is 10.3. The molecule has 0 amide bonds. The molecule has 0 heterocycles. The quantitative estimate of drug-likeness (QED) is 0.562. The summed E-state index contributed by atoms with van der Waals surface area (Å²) in [5.74, 6) is -0.217. The van der Waals surface area contributed by atoms with E-state index in [0.29, 0.717) is 0 Å². The van der Waals surface area contributed by atoms with Crippen LogP contribution in [0.1, 0.15) is 47.0 Å². The Hall–Kier alpha value is -0.873. The Labute approximate surface area is 135 Å². The van der Waals surface area contributed by atoms with Gasteiger partial charge in [0.05, 0.1) is 18.8 Å². The molecule has 0 radical (unpaired) electrons. The Morgan fingerprint density at radius 1 is 1.32 bits per heavy atom. The molecule has 0 N–H and O–H groups in total. The highest BCUT2D eigenvalue weighted by Crippen LogP contribution is 2.52. The van der Waals surface area contributed by atoms with Crippen LogP contribution in [0, 0.1) is 5.41 Å². The Balaban J connectivity index is 2.25. The molecule has 0 aromatic heterocycles. The summed E-state index contributed by atoms with van der Waals surface area (Å²) in [7, 11) is -0.367. The van der Waals surface area contributed by atoms with Crippen LogP contribution < -0.4 is 0 Å². The van der Waals surface area contributed by atoms with Gasteiger partial charge in [0.25, 0.3) is 0 Å². The first-order valence-electron chi connectivity index (χ1n) is 8.20. The van der Waals surface area contributed by atoms with Crippen molar-refractivity contribution in [2.24, 2.45) is 5.41 Å². The van der Waals surface area contributed by atoms with Gasteiger partial charge in [-0.25, -0.2) is 4.79 Å². The van der Waals surface area contributed by atoms with Crippen molar-refractivity contribution in [2.75, 3.05) is 7.11 Å². The molecule has 0 unspecified atom stereocenters. The minimum absolute atomic E-state index is 0.0617. The Morgan fingerprint density at radius 3 is 2.50 bits per heavy atom. The molecule has 0 aromatic rings. The zero-order chi connectivity index (χ0) is 16.8. The van der Waals surface area contributed by atoms with E-state index in [2.05, 4.69) is 46.9 Å². The number of allylic oxidation sites excluding steroid dienone is 1. The van der Waals surface area contributed by atoms with Gasteiger partial charge in [-0.15, -0.1) is 0 Å². The predicted molar refractivity (Wildman–Crippen MR) is 92.2 cm³/mol. The number of rotatable bonds is 3. The number of hydrogen-bond donors (Lipinski definition) is 0. The van der Waals surface area contributed by atoms with Crippen molar-refractivity contribution in [3.8, 4) is 0 Å². The molecule has 2 aliphatic carbocycles. The van der Waals surface area contributed by atoms with Crippen molar-refractivity contribution in [1.29, 1.82) is 0 Å². The molecular weight excluding hydrogens is 292 g/mol. The lowest BCUT2D eigenvalue weighted by atomic mass is 9.71. The van der Waals surface area contributed by atoms with Crippen LogP contribution >= 0.6 is 0 Å². The highest BCUT2D eigenvalue weighted by atomic mass is 28.4. The van der Waals surface area contributed by atoms with Crippen molar-refractivity contribution in [3.05, 3.63) is 23.3 Å². The number of ether oxygens (including phenoxy) is 1. The first-order valence-corrected chi connectivity index (χ1v) is 11.1. The van der Waals surface area contributed by atoms with Crippen molar-refractivity contribution >= 4 is 14.3 Å². The van der Waals surface area contributed by atoms with E-state index in [4.69, 9.17) is 9.16 Å². The minimum Gasteiger partial charge on any atom is -0.465 e. The molecule has 0 saturated heterocycles. The van der Waals surface area contributed by atoms with Gasteiger partial charge in [-0.3, -0.25) is 0 Å². The molecule has 124 valence electrons. The lowest BCUT2D eigenvalue weighted by Gasteiger charge is -2.45. The summed E-state index contributed by atoms with van der Waals surface area (Å²) >= 11 is 0. The molecule has 2 rings (SSSR count). The summed E-state index contributed by atoms with van der Waals surface area (Å²) < 4.78 is 11.7. The second kappa shape index (κ2) is 5.64. The van der Waals surface area contributed by atoms with Gasteiger partial charge in [0.15, 0.2) is 8.32 Å². The zero-order valence-electron chi connectivity index (χ0n) is 15.1. The van der Waals surface area contributed by atoms with Gasteiger partial charge < -0.3 is 9.16 Å². The number of carbonyl (C=O) groups is 1. The SMILES string of the molecule is COC(=O)C1=CCC[C@@]2(C)C1=CC[C@@H]2O[Si](C)(C)C(C)(C)C. The molecule has 0 spiro atoms. The van der Waals surface area contributed by atoms with Crippen LogP contribution in [0.25, 0.3) is 0 Å². The van der Waals surface area contributed by atoms with Gasteiger partial charge in [0, 0.05) is 5.41 Å². The predicted octanol–water partition coefficient (Wildman–Crippen LogP) is 4.61. The van der Waals surface area contributed by atoms with Gasteiger partial charge in [-0.2, -0.15) is 0 Å². The molecular formula is C18H30O3Si. The standard InChI is InChI=1S/C18H30O3Si/c1-17(2,3)22(6,7)21-15-11-10-14-13(16(19)20-5)9-8-12-18(14,15)4/h9-10,15H,8,11-12H2,1-7H3/t15-,18-/m0/s1. The molecule has 3 nitrogen and oxygen atoms in total. The van der Waals surface area contributed by atoms with Crippen LogP contribution in [0.15, 0.2) is 23.3 Å². The molecule has 0 saturated carbocycles. The van der Waals surface area contributed by atoms with Crippen LogP contribution in [0.5, 0.6) is 0 Å². The largest absolute Gasteiger partial charge is 0.465 e. The third-order valence-electron chi connectivity index (χ3n) is 5.81. The lowest BCUT2D eigenvalue weighted by molar-refractivity contribution is -0.136. The summed E-state index contributed by atoms with van der Waals surface area (Å²) in [6, 6.07) is 0. The Morgan fingerprint density at radius 2 is 1.95 bits per heavy atom. The van der Waals surface area contributed by atoms with Crippen molar-refractivity contribution in [3.63, 3.8) is 0 Å². The first-order chi connectivity index (χ1) is 10.0. The van der Waals surface area contributed by atoms with E-state index in [-0.39, 0.29) is 22.5 Å². The van der Waals surface area contributed by atoms with E-state index in [1.165, 1.54) is 7.11 Å². The molecule has 22 heavy (non-hydrogen) atoms. The van der Waals surface area contributed by atoms with Crippen molar-refractivity contribution in [1.82, 2.24) is 0 Å². The second-order valence-electron chi connectivity index (χ2n) is 8.29. The fourth-order valence-corrected chi connectivity index (χ4v) is 4.67. The van der Waals surface area contributed by atoms with Crippen molar-refractivity contribution < 1.29 is 14.0 Å². The van der Waals surface area contributed by atoms with Crippen LogP contribution in [0.3, 0.4) is 0 Å². The first kappa shape index (κ1) is 17.5. The molecule has 2 atom stereocenters. The average molecular weight is 323 g/mol. The maximum atomic E-state index is 12.0. The molecule has 0 aliphatic heterocycles. The fraction of sp³-hybridized carbons (Fsp3) is 0.722. The van der Waals surface area contributed by atoms with E-state index in [9.17, 15) is 4.79 Å². The molecule has 4 heteroatoms. The molecule has 0 fully saturated rings. The summed E-state index contributed by atoms with van der Waals surface area (Å²) in [5.41, 5.74) is 1.82. The fourth-order valence-electron chi connectivity index (χ4n) is 3.24. The van der Waals surface area contributed by atoms with Crippen LogP contribution in [0.4, 0.5) is 0 Å². The number of esters is 1. The number of hydrogen-bond acceptors (Lipinski definition) is 3. The lowest BCUT2D eigenvalue weighted by Crippen LogP contribution is -2.48. The topological polar surface area (TPSA) is 35.5 Å². The van der Waals surface area contributed by atoms with Gasteiger partial charge in [-0.1, -0.05) is 39.8 Å². The van der Waals surface area contributed by atoms with Crippen LogP contribution in [0.2, 0.25) is 18.1 Å². The maximum Gasteiger partial charge on any atom is 0.337 e.